The molecule has 0 spiro atoms. The Balaban J connectivity index is 2.21. The Bertz CT molecular complexity index is 409. The minimum Gasteiger partial charge on any atom is -0.310 e. The van der Waals surface area contributed by atoms with Crippen LogP contribution in [0.3, 0.4) is 0 Å². The molecular weight excluding hydrogens is 266 g/mol. The summed E-state index contributed by atoms with van der Waals surface area (Å²) in [5.41, 5.74) is 2.64. The van der Waals surface area contributed by atoms with Gasteiger partial charge in [0.05, 0.1) is 0 Å². The molecule has 1 aliphatic rings. The van der Waals surface area contributed by atoms with Crippen LogP contribution >= 0.6 is 11.6 Å². The Kier molecular flexibility index (Phi) is 5.92. The summed E-state index contributed by atoms with van der Waals surface area (Å²) in [6, 6.07) is 6.97. The number of halogens is 1. The van der Waals surface area contributed by atoms with Crippen molar-refractivity contribution in [2.24, 2.45) is 11.8 Å². The zero-order valence-electron chi connectivity index (χ0n) is 13.1. The molecule has 1 aromatic rings. The number of benzene rings is 1. The Labute approximate surface area is 129 Å². The molecule has 0 bridgehead atoms. The lowest BCUT2D eigenvalue weighted by molar-refractivity contribution is 0.223. The van der Waals surface area contributed by atoms with Crippen LogP contribution in [0.1, 0.15) is 63.1 Å². The smallest absolute Gasteiger partial charge is 0.0411 e. The maximum absolute atomic E-state index is 6.27. The third-order valence-electron chi connectivity index (χ3n) is 4.49. The van der Waals surface area contributed by atoms with Gasteiger partial charge in [-0.25, -0.2) is 0 Å². The molecule has 1 nitrogen and oxygen atoms in total. The lowest BCUT2D eigenvalue weighted by Crippen LogP contribution is -2.32. The van der Waals surface area contributed by atoms with Gasteiger partial charge in [-0.1, -0.05) is 44.4 Å². The summed E-state index contributed by atoms with van der Waals surface area (Å²) in [7, 11) is 0. The summed E-state index contributed by atoms with van der Waals surface area (Å²) in [5, 5.41) is 4.64. The van der Waals surface area contributed by atoms with E-state index in [2.05, 4.69) is 38.2 Å². The SMILES string of the molecule is CCCNC(c1cc(C)cc(Cl)c1)C1CCCC(C)C1. The van der Waals surface area contributed by atoms with Crippen molar-refractivity contribution in [3.8, 4) is 0 Å². The van der Waals surface area contributed by atoms with Crippen molar-refractivity contribution < 1.29 is 0 Å². The van der Waals surface area contributed by atoms with Gasteiger partial charge in [-0.2, -0.15) is 0 Å². The van der Waals surface area contributed by atoms with E-state index in [0.29, 0.717) is 6.04 Å². The van der Waals surface area contributed by atoms with E-state index in [0.717, 1.165) is 23.4 Å². The molecular formula is C18H28ClN. The predicted octanol–water partition coefficient (Wildman–Crippen LogP) is 5.52. The average Bonchev–Trinajstić information content (AvgIpc) is 2.38. The molecule has 1 aliphatic carbocycles. The molecule has 3 atom stereocenters. The number of nitrogens with one attached hydrogen (secondary N) is 1. The molecule has 112 valence electrons. The highest BCUT2D eigenvalue weighted by atomic mass is 35.5. The molecule has 3 unspecified atom stereocenters. The van der Waals surface area contributed by atoms with Gasteiger partial charge < -0.3 is 5.32 Å². The van der Waals surface area contributed by atoms with Crippen LogP contribution in [0.4, 0.5) is 0 Å². The standard InChI is InChI=1S/C18H28ClN/c1-4-8-20-18(15-7-5-6-13(2)9-15)16-10-14(3)11-17(19)12-16/h10-13,15,18,20H,4-9H2,1-3H3. The summed E-state index contributed by atoms with van der Waals surface area (Å²) < 4.78 is 0. The van der Waals surface area contributed by atoms with E-state index >= 15 is 0 Å². The summed E-state index contributed by atoms with van der Waals surface area (Å²) >= 11 is 6.27. The predicted molar refractivity (Wildman–Crippen MR) is 88.3 cm³/mol. The van der Waals surface area contributed by atoms with Gasteiger partial charge >= 0.3 is 0 Å². The quantitative estimate of drug-likeness (QED) is 0.754. The first-order valence-electron chi connectivity index (χ1n) is 8.10. The van der Waals surface area contributed by atoms with Gasteiger partial charge in [0.15, 0.2) is 0 Å². The van der Waals surface area contributed by atoms with Crippen molar-refractivity contribution in [1.29, 1.82) is 0 Å². The zero-order chi connectivity index (χ0) is 14.5. The second kappa shape index (κ2) is 7.47. The Morgan fingerprint density at radius 2 is 2.10 bits per heavy atom. The van der Waals surface area contributed by atoms with E-state index in [4.69, 9.17) is 11.6 Å². The molecule has 0 amide bonds. The van der Waals surface area contributed by atoms with Crippen molar-refractivity contribution in [2.45, 2.75) is 58.9 Å². The highest BCUT2D eigenvalue weighted by molar-refractivity contribution is 6.30. The van der Waals surface area contributed by atoms with Gasteiger partial charge in [0.2, 0.25) is 0 Å². The lowest BCUT2D eigenvalue weighted by atomic mass is 9.76. The van der Waals surface area contributed by atoms with E-state index in [1.54, 1.807) is 0 Å². The Morgan fingerprint density at radius 3 is 2.75 bits per heavy atom. The largest absolute Gasteiger partial charge is 0.310 e. The van der Waals surface area contributed by atoms with Crippen molar-refractivity contribution >= 4 is 11.6 Å². The Morgan fingerprint density at radius 1 is 1.30 bits per heavy atom. The molecule has 2 rings (SSSR count). The van der Waals surface area contributed by atoms with Gasteiger partial charge in [0, 0.05) is 11.1 Å². The summed E-state index contributed by atoms with van der Waals surface area (Å²) in [6.07, 6.45) is 6.63. The molecule has 1 fully saturated rings. The molecule has 0 aromatic heterocycles. The second-order valence-electron chi connectivity index (χ2n) is 6.53. The first-order valence-corrected chi connectivity index (χ1v) is 8.48. The highest BCUT2D eigenvalue weighted by Gasteiger charge is 2.27. The van der Waals surface area contributed by atoms with Crippen LogP contribution in [-0.2, 0) is 0 Å². The summed E-state index contributed by atoms with van der Waals surface area (Å²) in [5.74, 6) is 1.61. The van der Waals surface area contributed by atoms with E-state index in [-0.39, 0.29) is 0 Å². The minimum atomic E-state index is 0.468. The Hall–Kier alpha value is -0.530. The van der Waals surface area contributed by atoms with Crippen LogP contribution in [0.5, 0.6) is 0 Å². The summed E-state index contributed by atoms with van der Waals surface area (Å²) in [6.45, 7) is 7.85. The van der Waals surface area contributed by atoms with E-state index in [9.17, 15) is 0 Å². The number of aryl methyl sites for hydroxylation is 1. The fraction of sp³-hybridized carbons (Fsp3) is 0.667. The number of hydrogen-bond acceptors (Lipinski definition) is 1. The lowest BCUT2D eigenvalue weighted by Gasteiger charge is -2.34. The van der Waals surface area contributed by atoms with Gasteiger partial charge in [0.25, 0.3) is 0 Å². The van der Waals surface area contributed by atoms with Crippen LogP contribution in [0, 0.1) is 18.8 Å². The van der Waals surface area contributed by atoms with Gasteiger partial charge in [-0.3, -0.25) is 0 Å². The molecule has 0 saturated heterocycles. The molecule has 1 N–H and O–H groups in total. The molecule has 0 aliphatic heterocycles. The second-order valence-corrected chi connectivity index (χ2v) is 6.96. The maximum atomic E-state index is 6.27. The average molecular weight is 294 g/mol. The van der Waals surface area contributed by atoms with Crippen LogP contribution in [0.15, 0.2) is 18.2 Å². The van der Waals surface area contributed by atoms with Crippen LogP contribution in [0.25, 0.3) is 0 Å². The fourth-order valence-corrected chi connectivity index (χ4v) is 3.88. The topological polar surface area (TPSA) is 12.0 Å². The molecule has 0 radical (unpaired) electrons. The van der Waals surface area contributed by atoms with E-state index < -0.39 is 0 Å². The van der Waals surface area contributed by atoms with Crippen LogP contribution in [-0.4, -0.2) is 6.54 Å². The van der Waals surface area contributed by atoms with Crippen LogP contribution in [0.2, 0.25) is 5.02 Å². The first-order chi connectivity index (χ1) is 9.60. The van der Waals surface area contributed by atoms with Gasteiger partial charge in [-0.15, -0.1) is 0 Å². The van der Waals surface area contributed by atoms with Crippen molar-refractivity contribution in [1.82, 2.24) is 5.32 Å². The van der Waals surface area contributed by atoms with Crippen LogP contribution < -0.4 is 5.32 Å². The molecule has 20 heavy (non-hydrogen) atoms. The normalized spacial score (nSPS) is 24.6. The maximum Gasteiger partial charge on any atom is 0.0411 e. The van der Waals surface area contributed by atoms with Crippen molar-refractivity contribution in [2.75, 3.05) is 6.54 Å². The van der Waals surface area contributed by atoms with Gasteiger partial charge in [-0.05, 0) is 67.8 Å². The monoisotopic (exact) mass is 293 g/mol. The minimum absolute atomic E-state index is 0.468. The van der Waals surface area contributed by atoms with E-state index in [1.807, 2.05) is 6.07 Å². The number of hydrogen-bond donors (Lipinski definition) is 1. The van der Waals surface area contributed by atoms with Crippen molar-refractivity contribution in [3.63, 3.8) is 0 Å². The third-order valence-corrected chi connectivity index (χ3v) is 4.70. The molecule has 1 aromatic carbocycles. The zero-order valence-corrected chi connectivity index (χ0v) is 13.8. The number of rotatable bonds is 5. The first kappa shape index (κ1) is 15.9. The van der Waals surface area contributed by atoms with E-state index in [1.165, 1.54) is 43.2 Å². The fourth-order valence-electron chi connectivity index (χ4n) is 3.58. The molecule has 2 heteroatoms. The molecule has 1 saturated carbocycles. The third kappa shape index (κ3) is 4.23. The van der Waals surface area contributed by atoms with Gasteiger partial charge in [0.1, 0.15) is 0 Å². The highest BCUT2D eigenvalue weighted by Crippen LogP contribution is 2.38. The van der Waals surface area contributed by atoms with Crippen molar-refractivity contribution in [3.05, 3.63) is 34.3 Å². The summed E-state index contributed by atoms with van der Waals surface area (Å²) in [4.78, 5) is 0. The molecule has 0 heterocycles.